The van der Waals surface area contributed by atoms with E-state index >= 15 is 0 Å². The molecule has 0 spiro atoms. The minimum absolute atomic E-state index is 0. The predicted molar refractivity (Wildman–Crippen MR) is 133 cm³/mol. The number of hydrogen-bond donors (Lipinski definition) is 1. The van der Waals surface area contributed by atoms with Crippen LogP contribution >= 0.6 is 11.6 Å². The molecular weight excluding hydrogens is 420 g/mol. The Morgan fingerprint density at radius 3 is 2.19 bits per heavy atom. The van der Waals surface area contributed by atoms with E-state index in [1.807, 2.05) is 37.8 Å². The zero-order valence-corrected chi connectivity index (χ0v) is 19.5. The Morgan fingerprint density at radius 1 is 1.03 bits per heavy atom. The van der Waals surface area contributed by atoms with Crippen molar-refractivity contribution in [2.45, 2.75) is 65.8 Å². The first-order valence-corrected chi connectivity index (χ1v) is 11.6. The molecule has 1 aliphatic heterocycles. The molecule has 1 N–H and O–H groups in total. The second kappa shape index (κ2) is 12.1. The molecule has 1 saturated heterocycles. The number of benzene rings is 2. The van der Waals surface area contributed by atoms with E-state index in [9.17, 15) is 9.59 Å². The highest BCUT2D eigenvalue weighted by atomic mass is 35.5. The van der Waals surface area contributed by atoms with Gasteiger partial charge in [-0.15, -0.1) is 0 Å². The number of rotatable bonds is 7. The van der Waals surface area contributed by atoms with E-state index in [-0.39, 0.29) is 25.2 Å². The summed E-state index contributed by atoms with van der Waals surface area (Å²) in [6, 6.07) is 15.8. The molecule has 4 nitrogen and oxygen atoms in total. The summed E-state index contributed by atoms with van der Waals surface area (Å²) in [6.45, 7) is 7.46. The first kappa shape index (κ1) is 25.9. The molecule has 2 aromatic rings. The summed E-state index contributed by atoms with van der Waals surface area (Å²) in [5.74, 6) is 0.463. The Hall–Kier alpha value is -2.33. The number of likely N-dealkylation sites (tertiary alicyclic amines) is 1. The van der Waals surface area contributed by atoms with Crippen molar-refractivity contribution in [3.05, 3.63) is 70.2 Å². The van der Waals surface area contributed by atoms with Crippen LogP contribution < -0.4 is 5.32 Å². The SMILES string of the molecule is C.Cc1ccc(CCC(=O)N[C@@H](C(=O)N2CCC(c3ccc(Cl)cc3)CC2)C(C)C)cc1. The van der Waals surface area contributed by atoms with Crippen molar-refractivity contribution in [3.8, 4) is 0 Å². The van der Waals surface area contributed by atoms with Gasteiger partial charge in [0, 0.05) is 24.5 Å². The molecule has 2 aromatic carbocycles. The number of hydrogen-bond acceptors (Lipinski definition) is 2. The number of carbonyl (C=O) groups excluding carboxylic acids is 2. The lowest BCUT2D eigenvalue weighted by molar-refractivity contribution is -0.138. The molecule has 1 aliphatic rings. The molecule has 1 heterocycles. The van der Waals surface area contributed by atoms with E-state index in [4.69, 9.17) is 11.6 Å². The number of aryl methyl sites for hydroxylation is 2. The lowest BCUT2D eigenvalue weighted by Gasteiger charge is -2.35. The van der Waals surface area contributed by atoms with Crippen molar-refractivity contribution in [2.24, 2.45) is 5.92 Å². The second-order valence-electron chi connectivity index (χ2n) is 8.93. The zero-order valence-electron chi connectivity index (χ0n) is 18.7. The van der Waals surface area contributed by atoms with Crippen LogP contribution in [0.5, 0.6) is 0 Å². The maximum Gasteiger partial charge on any atom is 0.245 e. The molecule has 0 aliphatic carbocycles. The number of carbonyl (C=O) groups is 2. The molecule has 0 unspecified atom stereocenters. The molecule has 0 radical (unpaired) electrons. The fourth-order valence-electron chi connectivity index (χ4n) is 4.14. The molecule has 1 fully saturated rings. The summed E-state index contributed by atoms with van der Waals surface area (Å²) >= 11 is 6.00. The Labute approximate surface area is 198 Å². The number of piperidine rings is 1. The highest BCUT2D eigenvalue weighted by Gasteiger charge is 2.31. The standard InChI is InChI=1S/C26H33ClN2O2.CH4/c1-18(2)25(28-24(30)13-8-20-6-4-19(3)5-7-20)26(31)29-16-14-22(15-17-29)21-9-11-23(27)12-10-21;/h4-7,9-12,18,22,25H,8,13-17H2,1-3H3,(H,28,30);1H4/t25-;/m1./s1. The summed E-state index contributed by atoms with van der Waals surface area (Å²) in [7, 11) is 0. The molecule has 0 aromatic heterocycles. The smallest absolute Gasteiger partial charge is 0.245 e. The maximum atomic E-state index is 13.2. The van der Waals surface area contributed by atoms with E-state index in [1.54, 1.807) is 0 Å². The van der Waals surface area contributed by atoms with Crippen molar-refractivity contribution in [1.82, 2.24) is 10.2 Å². The number of amides is 2. The minimum Gasteiger partial charge on any atom is -0.344 e. The molecule has 0 saturated carbocycles. The highest BCUT2D eigenvalue weighted by Crippen LogP contribution is 2.29. The van der Waals surface area contributed by atoms with Gasteiger partial charge in [-0.05, 0) is 61.3 Å². The molecule has 3 rings (SSSR count). The van der Waals surface area contributed by atoms with Crippen LogP contribution in [0.15, 0.2) is 48.5 Å². The van der Waals surface area contributed by atoms with Gasteiger partial charge in [-0.2, -0.15) is 0 Å². The van der Waals surface area contributed by atoms with Gasteiger partial charge >= 0.3 is 0 Å². The van der Waals surface area contributed by atoms with E-state index in [2.05, 4.69) is 41.7 Å². The van der Waals surface area contributed by atoms with Crippen LogP contribution in [0.4, 0.5) is 0 Å². The summed E-state index contributed by atoms with van der Waals surface area (Å²) in [5.41, 5.74) is 3.62. The third-order valence-electron chi connectivity index (χ3n) is 6.16. The fourth-order valence-corrected chi connectivity index (χ4v) is 4.26. The van der Waals surface area contributed by atoms with Crippen LogP contribution in [-0.2, 0) is 16.0 Å². The summed E-state index contributed by atoms with van der Waals surface area (Å²) < 4.78 is 0. The van der Waals surface area contributed by atoms with Gasteiger partial charge in [0.1, 0.15) is 6.04 Å². The largest absolute Gasteiger partial charge is 0.344 e. The van der Waals surface area contributed by atoms with Crippen LogP contribution in [0.25, 0.3) is 0 Å². The topological polar surface area (TPSA) is 49.4 Å². The van der Waals surface area contributed by atoms with Crippen molar-refractivity contribution >= 4 is 23.4 Å². The monoisotopic (exact) mass is 456 g/mol. The van der Waals surface area contributed by atoms with Gasteiger partial charge < -0.3 is 10.2 Å². The van der Waals surface area contributed by atoms with Crippen molar-refractivity contribution in [3.63, 3.8) is 0 Å². The summed E-state index contributed by atoms with van der Waals surface area (Å²) in [6.07, 6.45) is 2.93. The third-order valence-corrected chi connectivity index (χ3v) is 6.41. The van der Waals surface area contributed by atoms with Gasteiger partial charge in [-0.25, -0.2) is 0 Å². The summed E-state index contributed by atoms with van der Waals surface area (Å²) in [4.78, 5) is 27.6. The van der Waals surface area contributed by atoms with E-state index in [0.717, 1.165) is 23.4 Å². The van der Waals surface area contributed by atoms with Crippen LogP contribution in [0.2, 0.25) is 5.02 Å². The lowest BCUT2D eigenvalue weighted by atomic mass is 9.89. The molecule has 0 bridgehead atoms. The lowest BCUT2D eigenvalue weighted by Crippen LogP contribution is -2.52. The second-order valence-corrected chi connectivity index (χ2v) is 9.36. The van der Waals surface area contributed by atoms with Gasteiger partial charge in [-0.3, -0.25) is 9.59 Å². The van der Waals surface area contributed by atoms with Crippen LogP contribution in [0, 0.1) is 12.8 Å². The van der Waals surface area contributed by atoms with E-state index < -0.39 is 6.04 Å². The normalized spacial score (nSPS) is 15.2. The van der Waals surface area contributed by atoms with Crippen LogP contribution in [0.3, 0.4) is 0 Å². The summed E-state index contributed by atoms with van der Waals surface area (Å²) in [5, 5.41) is 3.74. The maximum absolute atomic E-state index is 13.2. The van der Waals surface area contributed by atoms with Gasteiger partial charge in [0.25, 0.3) is 0 Å². The molecular formula is C27H37ClN2O2. The molecule has 2 amide bonds. The third kappa shape index (κ3) is 7.09. The molecule has 32 heavy (non-hydrogen) atoms. The van der Waals surface area contributed by atoms with Gasteiger partial charge in [0.15, 0.2) is 0 Å². The molecule has 5 heteroatoms. The Bertz CT molecular complexity index is 870. The number of nitrogens with one attached hydrogen (secondary N) is 1. The minimum atomic E-state index is -0.474. The van der Waals surface area contributed by atoms with Gasteiger partial charge in [0.05, 0.1) is 0 Å². The first-order valence-electron chi connectivity index (χ1n) is 11.2. The van der Waals surface area contributed by atoms with Crippen molar-refractivity contribution < 1.29 is 9.59 Å². The first-order chi connectivity index (χ1) is 14.8. The van der Waals surface area contributed by atoms with Crippen LogP contribution in [-0.4, -0.2) is 35.8 Å². The quantitative estimate of drug-likeness (QED) is 0.575. The van der Waals surface area contributed by atoms with Crippen molar-refractivity contribution in [1.29, 1.82) is 0 Å². The van der Waals surface area contributed by atoms with Crippen molar-refractivity contribution in [2.75, 3.05) is 13.1 Å². The van der Waals surface area contributed by atoms with E-state index in [0.29, 0.717) is 31.8 Å². The number of nitrogens with zero attached hydrogens (tertiary/aromatic N) is 1. The zero-order chi connectivity index (χ0) is 22.4. The Kier molecular flexibility index (Phi) is 9.77. The fraction of sp³-hybridized carbons (Fsp3) is 0.481. The predicted octanol–water partition coefficient (Wildman–Crippen LogP) is 5.76. The van der Waals surface area contributed by atoms with E-state index in [1.165, 1.54) is 11.1 Å². The molecule has 174 valence electrons. The average Bonchev–Trinajstić information content (AvgIpc) is 2.77. The van der Waals surface area contributed by atoms with Gasteiger partial charge in [0.2, 0.25) is 11.8 Å². The number of halogens is 1. The Balaban J connectivity index is 0.00000363. The Morgan fingerprint density at radius 2 is 1.62 bits per heavy atom. The molecule has 1 atom stereocenters. The highest BCUT2D eigenvalue weighted by molar-refractivity contribution is 6.30. The van der Waals surface area contributed by atoms with Gasteiger partial charge in [-0.1, -0.05) is 74.8 Å². The average molecular weight is 457 g/mol. The van der Waals surface area contributed by atoms with Crippen LogP contribution in [0.1, 0.15) is 63.1 Å².